The zero-order valence-electron chi connectivity index (χ0n) is 51.4. The summed E-state index contributed by atoms with van der Waals surface area (Å²) in [4.78, 5) is 51.3. The van der Waals surface area contributed by atoms with E-state index in [9.17, 15) is 34.5 Å². The van der Waals surface area contributed by atoms with Crippen LogP contribution in [0.5, 0.6) is 0 Å². The summed E-state index contributed by atoms with van der Waals surface area (Å²) in [7, 11) is 0. The average molecular weight is 1160 g/mol. The highest BCUT2D eigenvalue weighted by atomic mass is 16.7. The number of allylic oxidation sites excluding steroid dienone is 24. The molecule has 0 bridgehead atoms. The Morgan fingerprint density at radius 2 is 0.771 bits per heavy atom. The van der Waals surface area contributed by atoms with Gasteiger partial charge in [0.25, 0.3) is 0 Å². The molecule has 1 rings (SSSR count). The maximum Gasteiger partial charge on any atom is 0.335 e. The van der Waals surface area contributed by atoms with Crippen molar-refractivity contribution in [2.75, 3.05) is 13.2 Å². The monoisotopic (exact) mass is 1150 g/mol. The van der Waals surface area contributed by atoms with Crippen LogP contribution < -0.4 is 0 Å². The number of carbonyl (C=O) groups excluding carboxylic acids is 3. The van der Waals surface area contributed by atoms with Crippen LogP contribution in [0.25, 0.3) is 0 Å². The lowest BCUT2D eigenvalue weighted by Crippen LogP contribution is -2.61. The number of unbranched alkanes of at least 4 members (excludes halogenated alkanes) is 14. The van der Waals surface area contributed by atoms with Crippen LogP contribution in [0, 0.1) is 0 Å². The van der Waals surface area contributed by atoms with Crippen molar-refractivity contribution < 1.29 is 58.2 Å². The summed E-state index contributed by atoms with van der Waals surface area (Å²) in [6, 6.07) is 0. The van der Waals surface area contributed by atoms with E-state index in [4.69, 9.17) is 23.7 Å². The number of rotatable bonds is 52. The lowest BCUT2D eigenvalue weighted by atomic mass is 9.98. The number of carboxylic acids is 1. The van der Waals surface area contributed by atoms with E-state index in [1.165, 1.54) is 19.3 Å². The molecule has 0 aromatic rings. The maximum absolute atomic E-state index is 13.2. The highest BCUT2D eigenvalue weighted by Gasteiger charge is 2.50. The summed E-state index contributed by atoms with van der Waals surface area (Å²) in [5.74, 6) is -3.27. The summed E-state index contributed by atoms with van der Waals surface area (Å²) in [6.07, 6.45) is 69.5. The van der Waals surface area contributed by atoms with Crippen LogP contribution in [0.15, 0.2) is 146 Å². The summed E-state index contributed by atoms with van der Waals surface area (Å²) in [5, 5.41) is 31.6. The average Bonchev–Trinajstić information content (AvgIpc) is 3.59. The molecule has 12 heteroatoms. The minimum Gasteiger partial charge on any atom is -0.479 e. The Bertz CT molecular complexity index is 2000. The number of hydrogen-bond acceptors (Lipinski definition) is 11. The molecule has 83 heavy (non-hydrogen) atoms. The molecule has 0 amide bonds. The number of esters is 3. The minimum absolute atomic E-state index is 0.0332. The number of aliphatic hydroxyl groups excluding tert-OH is 2. The topological polar surface area (TPSA) is 175 Å². The van der Waals surface area contributed by atoms with E-state index in [0.29, 0.717) is 25.7 Å². The number of carbonyl (C=O) groups is 4. The second-order valence-electron chi connectivity index (χ2n) is 20.9. The van der Waals surface area contributed by atoms with Crippen molar-refractivity contribution in [1.29, 1.82) is 0 Å². The van der Waals surface area contributed by atoms with Crippen molar-refractivity contribution in [2.45, 2.75) is 263 Å². The Morgan fingerprint density at radius 1 is 0.410 bits per heavy atom. The highest BCUT2D eigenvalue weighted by molar-refractivity contribution is 5.74. The number of hydrogen-bond donors (Lipinski definition) is 3. The third kappa shape index (κ3) is 46.6. The van der Waals surface area contributed by atoms with Gasteiger partial charge in [0, 0.05) is 19.3 Å². The number of ether oxygens (including phenoxy) is 5. The van der Waals surface area contributed by atoms with Crippen molar-refractivity contribution >= 4 is 23.9 Å². The van der Waals surface area contributed by atoms with Gasteiger partial charge >= 0.3 is 23.9 Å². The Hall–Kier alpha value is -5.40. The first-order chi connectivity index (χ1) is 40.6. The molecular weight excluding hydrogens is 1040 g/mol. The van der Waals surface area contributed by atoms with Crippen molar-refractivity contribution in [3.05, 3.63) is 146 Å². The van der Waals surface area contributed by atoms with Crippen LogP contribution in [0.3, 0.4) is 0 Å². The molecule has 466 valence electrons. The molecule has 0 aromatic carbocycles. The predicted octanol–water partition coefficient (Wildman–Crippen LogP) is 17.1. The SMILES string of the molecule is CC/C=C\C/C=C\C/C=C\C/C=C\C/C=C\CCCCCC(=O)OCC(COC1OC(C(=O)O)C(O)C(O)C1OC(=O)CCCCCCCCC/C=C\C/C=C\CCCCC)OC(=O)CCC/C=C\C/C=C\C/C=C\C/C=C\C/C=C\CC. The molecule has 6 unspecified atom stereocenters. The van der Waals surface area contributed by atoms with E-state index >= 15 is 0 Å². The van der Waals surface area contributed by atoms with Gasteiger partial charge < -0.3 is 39.0 Å². The van der Waals surface area contributed by atoms with Gasteiger partial charge in [0.1, 0.15) is 18.8 Å². The van der Waals surface area contributed by atoms with Crippen molar-refractivity contribution in [3.63, 3.8) is 0 Å². The van der Waals surface area contributed by atoms with Crippen LogP contribution in [-0.2, 0) is 42.9 Å². The number of aliphatic carboxylic acids is 1. The second kappa shape index (κ2) is 57.1. The fraction of sp³-hybridized carbons (Fsp3) is 0.606. The van der Waals surface area contributed by atoms with E-state index in [1.807, 2.05) is 12.2 Å². The van der Waals surface area contributed by atoms with Crippen molar-refractivity contribution in [3.8, 4) is 0 Å². The fourth-order valence-corrected chi connectivity index (χ4v) is 8.58. The predicted molar refractivity (Wildman–Crippen MR) is 339 cm³/mol. The van der Waals surface area contributed by atoms with E-state index in [1.54, 1.807) is 0 Å². The highest BCUT2D eigenvalue weighted by Crippen LogP contribution is 2.26. The molecule has 0 saturated carbocycles. The van der Waals surface area contributed by atoms with Gasteiger partial charge in [-0.1, -0.05) is 218 Å². The second-order valence-corrected chi connectivity index (χ2v) is 20.9. The first-order valence-electron chi connectivity index (χ1n) is 31.8. The molecule has 0 spiro atoms. The third-order valence-corrected chi connectivity index (χ3v) is 13.4. The normalized spacial score (nSPS) is 18.6. The lowest BCUT2D eigenvalue weighted by Gasteiger charge is -2.40. The van der Waals surface area contributed by atoms with Crippen molar-refractivity contribution in [2.24, 2.45) is 0 Å². The van der Waals surface area contributed by atoms with Gasteiger partial charge in [0.15, 0.2) is 24.6 Å². The third-order valence-electron chi connectivity index (χ3n) is 13.4. The largest absolute Gasteiger partial charge is 0.479 e. The van der Waals surface area contributed by atoms with Crippen LogP contribution in [0.2, 0.25) is 0 Å². The molecule has 3 N–H and O–H groups in total. The molecular formula is C71H110O12. The van der Waals surface area contributed by atoms with Crippen LogP contribution in [0.1, 0.15) is 226 Å². The van der Waals surface area contributed by atoms with Gasteiger partial charge in [0.05, 0.1) is 6.61 Å². The van der Waals surface area contributed by atoms with E-state index < -0.39 is 67.3 Å². The number of aliphatic hydroxyl groups is 2. The number of carboxylic acid groups (broad SMARTS) is 1. The maximum atomic E-state index is 13.2. The summed E-state index contributed by atoms with van der Waals surface area (Å²) < 4.78 is 28.4. The summed E-state index contributed by atoms with van der Waals surface area (Å²) >= 11 is 0. The van der Waals surface area contributed by atoms with E-state index in [0.717, 1.165) is 141 Å². The zero-order chi connectivity index (χ0) is 60.3. The van der Waals surface area contributed by atoms with Crippen molar-refractivity contribution in [1.82, 2.24) is 0 Å². The standard InChI is InChI=1S/C71H110O12/c1-4-7-10-13-16-19-22-25-28-31-32-35-36-39-42-45-48-51-54-57-63(72)79-60-62(81-64(73)58-55-52-49-46-43-40-37-33-29-26-23-20-17-14-11-8-5-2)61-80-71-69(67(76)66(75)68(83-71)70(77)78)82-65(74)59-56-53-50-47-44-41-38-34-30-27-24-21-18-15-12-9-6-3/h7-8,10-11,16-21,25-30,32,35,37,39-40,42,46,49,62,66-69,71,75-76H,4-6,9,12-15,22-24,31,33-34,36,38,41,43-45,47-48,50-61H2,1-3H3,(H,77,78)/b10-7-,11-8-,19-16-,20-17-,21-18-,28-25-,29-26-,30-27-,35-32-,40-37-,42-39-,49-46-. The molecule has 1 fully saturated rings. The Labute approximate surface area is 502 Å². The van der Waals surface area contributed by atoms with Gasteiger partial charge in [-0.3, -0.25) is 14.4 Å². The fourth-order valence-electron chi connectivity index (χ4n) is 8.58. The van der Waals surface area contributed by atoms with Gasteiger partial charge in [-0.25, -0.2) is 4.79 Å². The lowest BCUT2D eigenvalue weighted by molar-refractivity contribution is -0.301. The Balaban J connectivity index is 2.75. The smallest absolute Gasteiger partial charge is 0.335 e. The first-order valence-corrected chi connectivity index (χ1v) is 31.8. The molecule has 1 aliphatic heterocycles. The van der Waals surface area contributed by atoms with E-state index in [2.05, 4.69) is 154 Å². The molecule has 1 saturated heterocycles. The molecule has 6 atom stereocenters. The Morgan fingerprint density at radius 3 is 1.20 bits per heavy atom. The molecule has 0 aromatic heterocycles. The molecule has 12 nitrogen and oxygen atoms in total. The molecule has 1 heterocycles. The van der Waals surface area contributed by atoms with Gasteiger partial charge in [0.2, 0.25) is 0 Å². The first kappa shape index (κ1) is 75.6. The molecule has 1 aliphatic rings. The quantitative estimate of drug-likeness (QED) is 0.0228. The van der Waals surface area contributed by atoms with Gasteiger partial charge in [-0.05, 0) is 135 Å². The van der Waals surface area contributed by atoms with Gasteiger partial charge in [-0.2, -0.15) is 0 Å². The van der Waals surface area contributed by atoms with Crippen LogP contribution in [0.4, 0.5) is 0 Å². The van der Waals surface area contributed by atoms with Gasteiger partial charge in [-0.15, -0.1) is 0 Å². The molecule has 0 radical (unpaired) electrons. The van der Waals surface area contributed by atoms with Crippen LogP contribution >= 0.6 is 0 Å². The zero-order valence-corrected chi connectivity index (χ0v) is 51.4. The Kier molecular flexibility index (Phi) is 52.0. The molecule has 0 aliphatic carbocycles. The minimum atomic E-state index is -1.93. The summed E-state index contributed by atoms with van der Waals surface area (Å²) in [5.41, 5.74) is 0. The van der Waals surface area contributed by atoms with E-state index in [-0.39, 0.29) is 25.9 Å². The van der Waals surface area contributed by atoms with Crippen LogP contribution in [-0.4, -0.2) is 89.2 Å². The summed E-state index contributed by atoms with van der Waals surface area (Å²) in [6.45, 7) is 5.66.